The lowest BCUT2D eigenvalue weighted by Crippen LogP contribution is -2.36. The lowest BCUT2D eigenvalue weighted by atomic mass is 9.82. The van der Waals surface area contributed by atoms with E-state index in [1.165, 1.54) is 25.3 Å². The molecule has 0 heterocycles. The quantitative estimate of drug-likeness (QED) is 0.892. The fourth-order valence-corrected chi connectivity index (χ4v) is 2.61. The average Bonchev–Trinajstić information content (AvgIpc) is 2.41. The molecule has 2 N–H and O–H groups in total. The minimum atomic E-state index is -0.947. The maximum Gasteiger partial charge on any atom is 0.227 e. The maximum absolute atomic E-state index is 13.6. The summed E-state index contributed by atoms with van der Waals surface area (Å²) in [6.45, 7) is 0. The van der Waals surface area contributed by atoms with Gasteiger partial charge in [-0.25, -0.2) is 4.39 Å². The van der Waals surface area contributed by atoms with Gasteiger partial charge in [-0.05, 0) is 25.0 Å². The van der Waals surface area contributed by atoms with E-state index in [1.807, 2.05) is 0 Å². The third-order valence-electron chi connectivity index (χ3n) is 3.72. The van der Waals surface area contributed by atoms with Crippen LogP contribution in [0.25, 0.3) is 0 Å². The van der Waals surface area contributed by atoms with Gasteiger partial charge in [-0.1, -0.05) is 19.3 Å². The van der Waals surface area contributed by atoms with Crippen LogP contribution in [0, 0.1) is 5.82 Å². The molecular formula is C15H20FNO3. The molecule has 0 bridgehead atoms. The number of rotatable bonds is 4. The van der Waals surface area contributed by atoms with Gasteiger partial charge in [0.2, 0.25) is 5.91 Å². The third-order valence-corrected chi connectivity index (χ3v) is 3.72. The van der Waals surface area contributed by atoms with Crippen LogP contribution < -0.4 is 10.1 Å². The Morgan fingerprint density at radius 2 is 2.10 bits per heavy atom. The Morgan fingerprint density at radius 3 is 2.75 bits per heavy atom. The van der Waals surface area contributed by atoms with Gasteiger partial charge in [0.25, 0.3) is 0 Å². The summed E-state index contributed by atoms with van der Waals surface area (Å²) in [6, 6.07) is 4.15. The Bertz CT molecular complexity index is 484. The van der Waals surface area contributed by atoms with Gasteiger partial charge in [-0.15, -0.1) is 0 Å². The molecule has 0 atom stereocenters. The molecule has 1 amide bonds. The molecule has 0 radical (unpaired) electrons. The van der Waals surface area contributed by atoms with Crippen LogP contribution in [0.1, 0.15) is 38.5 Å². The van der Waals surface area contributed by atoms with E-state index in [1.54, 1.807) is 0 Å². The summed E-state index contributed by atoms with van der Waals surface area (Å²) < 4.78 is 18.6. The summed E-state index contributed by atoms with van der Waals surface area (Å²) in [6.07, 6.45) is 4.20. The smallest absolute Gasteiger partial charge is 0.227 e. The van der Waals surface area contributed by atoms with Gasteiger partial charge in [-0.2, -0.15) is 0 Å². The summed E-state index contributed by atoms with van der Waals surface area (Å²) in [5, 5.41) is 12.8. The minimum Gasteiger partial charge on any atom is -0.497 e. The van der Waals surface area contributed by atoms with Gasteiger partial charge in [-0.3, -0.25) is 4.79 Å². The van der Waals surface area contributed by atoms with Crippen molar-refractivity contribution in [3.63, 3.8) is 0 Å². The zero-order valence-electron chi connectivity index (χ0n) is 11.6. The van der Waals surface area contributed by atoms with Crippen LogP contribution in [0.5, 0.6) is 5.75 Å². The van der Waals surface area contributed by atoms with Gasteiger partial charge >= 0.3 is 0 Å². The molecule has 0 unspecified atom stereocenters. The molecule has 5 heteroatoms. The Balaban J connectivity index is 2.00. The van der Waals surface area contributed by atoms with Gasteiger partial charge in [0.1, 0.15) is 11.6 Å². The summed E-state index contributed by atoms with van der Waals surface area (Å²) >= 11 is 0. The first-order valence-electron chi connectivity index (χ1n) is 6.88. The number of hydrogen-bond donors (Lipinski definition) is 2. The first kappa shape index (κ1) is 14.8. The van der Waals surface area contributed by atoms with Crippen molar-refractivity contribution in [1.29, 1.82) is 0 Å². The van der Waals surface area contributed by atoms with E-state index in [0.29, 0.717) is 18.6 Å². The molecule has 1 aromatic carbocycles. The van der Waals surface area contributed by atoms with E-state index in [4.69, 9.17) is 4.74 Å². The Hall–Kier alpha value is -1.62. The predicted molar refractivity (Wildman–Crippen MR) is 74.2 cm³/mol. The Morgan fingerprint density at radius 1 is 1.40 bits per heavy atom. The van der Waals surface area contributed by atoms with Crippen LogP contribution in [-0.2, 0) is 4.79 Å². The van der Waals surface area contributed by atoms with E-state index in [2.05, 4.69) is 5.32 Å². The van der Waals surface area contributed by atoms with Crippen molar-refractivity contribution in [1.82, 2.24) is 0 Å². The standard InChI is InChI=1S/C15H20FNO3/c1-20-11-5-6-12(16)13(9-11)17-14(18)10-15(19)7-3-2-4-8-15/h5-6,9,19H,2-4,7-8,10H2,1H3,(H,17,18). The molecule has 0 aliphatic heterocycles. The molecule has 0 saturated heterocycles. The zero-order valence-corrected chi connectivity index (χ0v) is 11.6. The number of carbonyl (C=O) groups excluding carboxylic acids is 1. The largest absolute Gasteiger partial charge is 0.497 e. The molecular weight excluding hydrogens is 261 g/mol. The molecule has 0 aromatic heterocycles. The number of carbonyl (C=O) groups is 1. The van der Waals surface area contributed by atoms with Crippen LogP contribution in [0.15, 0.2) is 18.2 Å². The number of methoxy groups -OCH3 is 1. The van der Waals surface area contributed by atoms with E-state index in [-0.39, 0.29) is 18.0 Å². The highest BCUT2D eigenvalue weighted by molar-refractivity contribution is 5.91. The molecule has 1 fully saturated rings. The topological polar surface area (TPSA) is 58.6 Å². The van der Waals surface area contributed by atoms with Crippen LogP contribution in [-0.4, -0.2) is 23.7 Å². The van der Waals surface area contributed by atoms with Crippen molar-refractivity contribution >= 4 is 11.6 Å². The number of anilines is 1. The lowest BCUT2D eigenvalue weighted by molar-refractivity contribution is -0.122. The van der Waals surface area contributed by atoms with Crippen LogP contribution in [0.2, 0.25) is 0 Å². The first-order chi connectivity index (χ1) is 9.52. The van der Waals surface area contributed by atoms with E-state index in [9.17, 15) is 14.3 Å². The second-order valence-corrected chi connectivity index (χ2v) is 5.36. The number of nitrogens with one attached hydrogen (secondary N) is 1. The average molecular weight is 281 g/mol. The summed E-state index contributed by atoms with van der Waals surface area (Å²) in [5.41, 5.74) is -0.869. The Kier molecular flexibility index (Phi) is 4.60. The minimum absolute atomic E-state index is 0.00362. The molecule has 2 rings (SSSR count). The van der Waals surface area contributed by atoms with Gasteiger partial charge < -0.3 is 15.2 Å². The van der Waals surface area contributed by atoms with Crippen molar-refractivity contribution in [2.24, 2.45) is 0 Å². The molecule has 1 aliphatic rings. The highest BCUT2D eigenvalue weighted by atomic mass is 19.1. The predicted octanol–water partition coefficient (Wildman–Crippen LogP) is 2.86. The van der Waals surface area contributed by atoms with Crippen molar-refractivity contribution in [2.75, 3.05) is 12.4 Å². The molecule has 1 saturated carbocycles. The van der Waals surface area contributed by atoms with E-state index >= 15 is 0 Å². The van der Waals surface area contributed by atoms with Crippen molar-refractivity contribution in [2.45, 2.75) is 44.1 Å². The molecule has 20 heavy (non-hydrogen) atoms. The molecule has 0 spiro atoms. The highest BCUT2D eigenvalue weighted by Crippen LogP contribution is 2.31. The maximum atomic E-state index is 13.6. The SMILES string of the molecule is COc1ccc(F)c(NC(=O)CC2(O)CCCCC2)c1. The number of amides is 1. The van der Waals surface area contributed by atoms with Gasteiger partial charge in [0.15, 0.2) is 0 Å². The van der Waals surface area contributed by atoms with Crippen LogP contribution in [0.4, 0.5) is 10.1 Å². The van der Waals surface area contributed by atoms with Gasteiger partial charge in [0, 0.05) is 6.07 Å². The summed E-state index contributed by atoms with van der Waals surface area (Å²) in [4.78, 5) is 12.0. The molecule has 110 valence electrons. The van der Waals surface area contributed by atoms with Crippen LogP contribution in [0.3, 0.4) is 0 Å². The fourth-order valence-electron chi connectivity index (χ4n) is 2.61. The first-order valence-corrected chi connectivity index (χ1v) is 6.88. The molecule has 1 aliphatic carbocycles. The second kappa shape index (κ2) is 6.22. The van der Waals surface area contributed by atoms with Crippen LogP contribution >= 0.6 is 0 Å². The molecule has 4 nitrogen and oxygen atoms in total. The van der Waals surface area contributed by atoms with Crippen molar-refractivity contribution < 1.29 is 19.0 Å². The lowest BCUT2D eigenvalue weighted by Gasteiger charge is -2.31. The number of aliphatic hydroxyl groups is 1. The fraction of sp³-hybridized carbons (Fsp3) is 0.533. The number of ether oxygens (including phenoxy) is 1. The van der Waals surface area contributed by atoms with E-state index < -0.39 is 11.4 Å². The summed E-state index contributed by atoms with van der Waals surface area (Å²) in [5.74, 6) is -0.422. The normalized spacial score (nSPS) is 17.6. The van der Waals surface area contributed by atoms with Crippen molar-refractivity contribution in [3.8, 4) is 5.75 Å². The monoisotopic (exact) mass is 281 g/mol. The number of benzene rings is 1. The third kappa shape index (κ3) is 3.70. The van der Waals surface area contributed by atoms with E-state index in [0.717, 1.165) is 19.3 Å². The highest BCUT2D eigenvalue weighted by Gasteiger charge is 2.31. The number of halogens is 1. The Labute approximate surface area is 117 Å². The summed E-state index contributed by atoms with van der Waals surface area (Å²) in [7, 11) is 1.48. The second-order valence-electron chi connectivity index (χ2n) is 5.36. The number of hydrogen-bond acceptors (Lipinski definition) is 3. The van der Waals surface area contributed by atoms with Gasteiger partial charge in [0.05, 0.1) is 24.8 Å². The van der Waals surface area contributed by atoms with Crippen molar-refractivity contribution in [3.05, 3.63) is 24.0 Å². The zero-order chi connectivity index (χ0) is 14.6. The molecule has 1 aromatic rings.